The zero-order valence-corrected chi connectivity index (χ0v) is 12.6. The van der Waals surface area contributed by atoms with E-state index < -0.39 is 0 Å². The van der Waals surface area contributed by atoms with Gasteiger partial charge in [0.2, 0.25) is 11.8 Å². The summed E-state index contributed by atoms with van der Waals surface area (Å²) >= 11 is 0. The smallest absolute Gasteiger partial charge is 0.220 e. The molecular formula is C16H13N5O2. The van der Waals surface area contributed by atoms with Crippen LogP contribution in [0, 0.1) is 22.7 Å². The summed E-state index contributed by atoms with van der Waals surface area (Å²) in [5, 5.41) is 20.3. The average molecular weight is 307 g/mol. The second-order valence-corrected chi connectivity index (χ2v) is 4.28. The van der Waals surface area contributed by atoms with Gasteiger partial charge in [-0.3, -0.25) is 0 Å². The van der Waals surface area contributed by atoms with Crippen LogP contribution in [0.3, 0.4) is 0 Å². The maximum atomic E-state index is 8.72. The van der Waals surface area contributed by atoms with Crippen molar-refractivity contribution < 1.29 is 9.47 Å². The molecule has 0 radical (unpaired) electrons. The number of rotatable bonds is 5. The summed E-state index contributed by atoms with van der Waals surface area (Å²) < 4.78 is 10.3. The van der Waals surface area contributed by atoms with Crippen molar-refractivity contribution in [1.29, 1.82) is 10.5 Å². The topological polar surface area (TPSA) is 104 Å². The van der Waals surface area contributed by atoms with Gasteiger partial charge in [-0.05, 0) is 12.1 Å². The third kappa shape index (κ3) is 3.96. The average Bonchev–Trinajstić information content (AvgIpc) is 2.62. The first kappa shape index (κ1) is 15.8. The SMILES string of the molecule is COc1cc(OC)nc(-c2cccc(NC=C(C#N)C#N)c2)n1. The fourth-order valence-corrected chi connectivity index (χ4v) is 1.74. The van der Waals surface area contributed by atoms with E-state index in [0.29, 0.717) is 23.3 Å². The van der Waals surface area contributed by atoms with Crippen molar-refractivity contribution in [3.05, 3.63) is 42.1 Å². The summed E-state index contributed by atoms with van der Waals surface area (Å²) in [6.45, 7) is 0. The maximum absolute atomic E-state index is 8.72. The summed E-state index contributed by atoms with van der Waals surface area (Å²) in [7, 11) is 3.03. The molecule has 2 aromatic rings. The van der Waals surface area contributed by atoms with Crippen molar-refractivity contribution in [2.45, 2.75) is 0 Å². The molecule has 0 aliphatic heterocycles. The fourth-order valence-electron chi connectivity index (χ4n) is 1.74. The Hall–Kier alpha value is -3.58. The zero-order valence-electron chi connectivity index (χ0n) is 12.6. The molecule has 1 N–H and O–H groups in total. The number of nitrogens with one attached hydrogen (secondary N) is 1. The number of hydrogen-bond acceptors (Lipinski definition) is 7. The van der Waals surface area contributed by atoms with Crippen LogP contribution in [0.1, 0.15) is 0 Å². The van der Waals surface area contributed by atoms with Gasteiger partial charge in [-0.25, -0.2) is 0 Å². The van der Waals surface area contributed by atoms with Crippen molar-refractivity contribution in [2.75, 3.05) is 19.5 Å². The standard InChI is InChI=1S/C16H13N5O2/c1-22-14-7-15(23-2)21-16(20-14)12-4-3-5-13(6-12)19-10-11(8-17)9-18/h3-7,10,19H,1-2H3. The van der Waals surface area contributed by atoms with E-state index in [9.17, 15) is 0 Å². The molecule has 0 spiro atoms. The molecule has 0 saturated carbocycles. The van der Waals surface area contributed by atoms with E-state index in [-0.39, 0.29) is 5.57 Å². The van der Waals surface area contributed by atoms with Gasteiger partial charge in [-0.2, -0.15) is 20.5 Å². The molecule has 0 aliphatic carbocycles. The summed E-state index contributed by atoms with van der Waals surface area (Å²) in [5.74, 6) is 1.22. The zero-order chi connectivity index (χ0) is 16.7. The highest BCUT2D eigenvalue weighted by Gasteiger charge is 2.08. The van der Waals surface area contributed by atoms with Gasteiger partial charge in [0.05, 0.1) is 20.3 Å². The minimum absolute atomic E-state index is 0.0188. The van der Waals surface area contributed by atoms with Crippen LogP contribution < -0.4 is 14.8 Å². The number of nitriles is 2. The van der Waals surface area contributed by atoms with Crippen molar-refractivity contribution in [3.8, 4) is 35.3 Å². The Morgan fingerprint density at radius 3 is 2.30 bits per heavy atom. The second-order valence-electron chi connectivity index (χ2n) is 4.28. The molecular weight excluding hydrogens is 294 g/mol. The highest BCUT2D eigenvalue weighted by Crippen LogP contribution is 2.24. The first-order valence-electron chi connectivity index (χ1n) is 6.54. The molecule has 2 rings (SSSR count). The van der Waals surface area contributed by atoms with Crippen LogP contribution in [-0.4, -0.2) is 24.2 Å². The van der Waals surface area contributed by atoms with Gasteiger partial charge in [0, 0.05) is 17.5 Å². The van der Waals surface area contributed by atoms with Crippen LogP contribution in [0.15, 0.2) is 42.1 Å². The monoisotopic (exact) mass is 307 g/mol. The first-order chi connectivity index (χ1) is 11.2. The van der Waals surface area contributed by atoms with E-state index in [1.54, 1.807) is 36.4 Å². The Morgan fingerprint density at radius 2 is 1.74 bits per heavy atom. The molecule has 1 aromatic carbocycles. The van der Waals surface area contributed by atoms with Crippen LogP contribution in [0.25, 0.3) is 11.4 Å². The van der Waals surface area contributed by atoms with Gasteiger partial charge >= 0.3 is 0 Å². The van der Waals surface area contributed by atoms with Gasteiger partial charge in [0.15, 0.2) is 5.82 Å². The lowest BCUT2D eigenvalue weighted by molar-refractivity contribution is 0.372. The molecule has 0 amide bonds. The fraction of sp³-hybridized carbons (Fsp3) is 0.125. The number of allylic oxidation sites excluding steroid dienone is 1. The van der Waals surface area contributed by atoms with Crippen molar-refractivity contribution in [3.63, 3.8) is 0 Å². The third-order valence-corrected chi connectivity index (χ3v) is 2.84. The first-order valence-corrected chi connectivity index (χ1v) is 6.54. The minimum Gasteiger partial charge on any atom is -0.481 e. The van der Waals surface area contributed by atoms with Gasteiger partial charge in [-0.1, -0.05) is 12.1 Å². The molecule has 1 heterocycles. The number of anilines is 1. The maximum Gasteiger partial charge on any atom is 0.220 e. The normalized spacial score (nSPS) is 9.22. The molecule has 0 unspecified atom stereocenters. The number of nitrogens with zero attached hydrogens (tertiary/aromatic N) is 4. The van der Waals surface area contributed by atoms with Gasteiger partial charge in [0.1, 0.15) is 17.7 Å². The quantitative estimate of drug-likeness (QED) is 0.846. The summed E-state index contributed by atoms with van der Waals surface area (Å²) in [5.41, 5.74) is 1.40. The summed E-state index contributed by atoms with van der Waals surface area (Å²) in [6.07, 6.45) is 1.34. The summed E-state index contributed by atoms with van der Waals surface area (Å²) in [4.78, 5) is 8.56. The number of benzene rings is 1. The molecule has 0 bridgehead atoms. The molecule has 7 nitrogen and oxygen atoms in total. The van der Waals surface area contributed by atoms with E-state index in [1.807, 2.05) is 6.07 Å². The Morgan fingerprint density at radius 1 is 1.09 bits per heavy atom. The Labute approximate surface area is 133 Å². The molecule has 7 heteroatoms. The van der Waals surface area contributed by atoms with E-state index in [0.717, 1.165) is 5.56 Å². The van der Waals surface area contributed by atoms with Crippen LogP contribution in [0.4, 0.5) is 5.69 Å². The van der Waals surface area contributed by atoms with Crippen LogP contribution in [0.2, 0.25) is 0 Å². The van der Waals surface area contributed by atoms with Crippen LogP contribution in [-0.2, 0) is 0 Å². The van der Waals surface area contributed by atoms with Gasteiger partial charge in [-0.15, -0.1) is 0 Å². The van der Waals surface area contributed by atoms with Crippen LogP contribution in [0.5, 0.6) is 11.8 Å². The molecule has 0 aliphatic rings. The van der Waals surface area contributed by atoms with E-state index >= 15 is 0 Å². The number of hydrogen-bond donors (Lipinski definition) is 1. The number of aromatic nitrogens is 2. The Bertz CT molecular complexity index is 780. The minimum atomic E-state index is -0.0188. The highest BCUT2D eigenvalue weighted by molar-refractivity contribution is 5.64. The van der Waals surface area contributed by atoms with Crippen molar-refractivity contribution in [2.24, 2.45) is 0 Å². The Balaban J connectivity index is 2.35. The molecule has 114 valence electrons. The lowest BCUT2D eigenvalue weighted by atomic mass is 10.2. The largest absolute Gasteiger partial charge is 0.481 e. The lowest BCUT2D eigenvalue weighted by Crippen LogP contribution is -1.97. The molecule has 0 saturated heterocycles. The molecule has 1 aromatic heterocycles. The molecule has 23 heavy (non-hydrogen) atoms. The summed E-state index contributed by atoms with van der Waals surface area (Å²) in [6, 6.07) is 12.4. The lowest BCUT2D eigenvalue weighted by Gasteiger charge is -2.08. The molecule has 0 fully saturated rings. The highest BCUT2D eigenvalue weighted by atomic mass is 16.5. The number of methoxy groups -OCH3 is 2. The predicted molar refractivity (Wildman–Crippen MR) is 83.5 cm³/mol. The van der Waals surface area contributed by atoms with E-state index in [2.05, 4.69) is 15.3 Å². The Kier molecular flexibility index (Phi) is 5.11. The van der Waals surface area contributed by atoms with E-state index in [1.165, 1.54) is 20.4 Å². The predicted octanol–water partition coefficient (Wildman–Crippen LogP) is 2.50. The molecule has 0 atom stereocenters. The number of ether oxygens (including phenoxy) is 2. The van der Waals surface area contributed by atoms with Gasteiger partial charge in [0.25, 0.3) is 0 Å². The third-order valence-electron chi connectivity index (χ3n) is 2.84. The van der Waals surface area contributed by atoms with E-state index in [4.69, 9.17) is 20.0 Å². The van der Waals surface area contributed by atoms with Crippen molar-refractivity contribution in [1.82, 2.24) is 9.97 Å². The second kappa shape index (κ2) is 7.43. The van der Waals surface area contributed by atoms with Crippen molar-refractivity contribution >= 4 is 5.69 Å². The van der Waals surface area contributed by atoms with Crippen LogP contribution >= 0.6 is 0 Å². The van der Waals surface area contributed by atoms with Gasteiger partial charge < -0.3 is 14.8 Å².